The minimum Gasteiger partial charge on any atom is -0.348 e. The summed E-state index contributed by atoms with van der Waals surface area (Å²) in [6, 6.07) is 12.1. The van der Waals surface area contributed by atoms with Crippen molar-refractivity contribution in [2.24, 2.45) is 0 Å². The maximum Gasteiger partial charge on any atom is 0.221 e. The van der Waals surface area contributed by atoms with E-state index in [2.05, 4.69) is 29.8 Å². The van der Waals surface area contributed by atoms with Gasteiger partial charge in [-0.05, 0) is 22.6 Å². The Morgan fingerprint density at radius 2 is 2.11 bits per heavy atom. The number of carbonyl (C=O) groups excluding carboxylic acids is 1. The van der Waals surface area contributed by atoms with Crippen LogP contribution in [0.25, 0.3) is 0 Å². The SMILES string of the molecule is CC1(c2csc(Cl)c2)CC(=O)NC1c1ccccc1. The van der Waals surface area contributed by atoms with Crippen molar-refractivity contribution in [3.05, 3.63) is 57.2 Å². The Kier molecular flexibility index (Phi) is 3.11. The van der Waals surface area contributed by atoms with Crippen LogP contribution in [-0.2, 0) is 10.2 Å². The highest BCUT2D eigenvalue weighted by molar-refractivity contribution is 7.14. The van der Waals surface area contributed by atoms with Crippen molar-refractivity contribution in [3.8, 4) is 0 Å². The number of rotatable bonds is 2. The quantitative estimate of drug-likeness (QED) is 0.893. The van der Waals surface area contributed by atoms with E-state index in [9.17, 15) is 4.79 Å². The first-order valence-electron chi connectivity index (χ1n) is 6.18. The summed E-state index contributed by atoms with van der Waals surface area (Å²) in [4.78, 5) is 11.9. The lowest BCUT2D eigenvalue weighted by Crippen LogP contribution is -2.30. The molecule has 2 unspecified atom stereocenters. The topological polar surface area (TPSA) is 29.1 Å². The lowest BCUT2D eigenvalue weighted by atomic mass is 9.75. The van der Waals surface area contributed by atoms with E-state index < -0.39 is 0 Å². The molecule has 1 amide bonds. The second-order valence-corrected chi connectivity index (χ2v) is 6.69. The monoisotopic (exact) mass is 291 g/mol. The number of carbonyl (C=O) groups is 1. The van der Waals surface area contributed by atoms with Crippen LogP contribution in [0.4, 0.5) is 0 Å². The Hall–Kier alpha value is -1.32. The van der Waals surface area contributed by atoms with Crippen LogP contribution in [0.2, 0.25) is 4.34 Å². The van der Waals surface area contributed by atoms with Crippen LogP contribution in [0.1, 0.15) is 30.5 Å². The Balaban J connectivity index is 2.05. The van der Waals surface area contributed by atoms with Crippen LogP contribution < -0.4 is 5.32 Å². The molecule has 1 aliphatic heterocycles. The van der Waals surface area contributed by atoms with Gasteiger partial charge in [-0.3, -0.25) is 4.79 Å². The summed E-state index contributed by atoms with van der Waals surface area (Å²) in [5, 5.41) is 5.15. The first-order chi connectivity index (χ1) is 9.09. The number of hydrogen-bond acceptors (Lipinski definition) is 2. The van der Waals surface area contributed by atoms with Crippen LogP contribution in [0.15, 0.2) is 41.8 Å². The van der Waals surface area contributed by atoms with E-state index in [0.29, 0.717) is 6.42 Å². The second kappa shape index (κ2) is 4.66. The molecule has 2 nitrogen and oxygen atoms in total. The van der Waals surface area contributed by atoms with Gasteiger partial charge in [0.25, 0.3) is 0 Å². The molecule has 2 heterocycles. The molecule has 1 N–H and O–H groups in total. The van der Waals surface area contributed by atoms with Crippen molar-refractivity contribution >= 4 is 28.8 Å². The van der Waals surface area contributed by atoms with Crippen molar-refractivity contribution < 1.29 is 4.79 Å². The summed E-state index contributed by atoms with van der Waals surface area (Å²) < 4.78 is 0.766. The minimum absolute atomic E-state index is 0.00636. The molecule has 2 atom stereocenters. The summed E-state index contributed by atoms with van der Waals surface area (Å²) in [6.45, 7) is 2.13. The molecule has 98 valence electrons. The van der Waals surface area contributed by atoms with Crippen LogP contribution in [0.5, 0.6) is 0 Å². The van der Waals surface area contributed by atoms with Crippen molar-refractivity contribution in [3.63, 3.8) is 0 Å². The Morgan fingerprint density at radius 1 is 1.37 bits per heavy atom. The number of hydrogen-bond donors (Lipinski definition) is 1. The van der Waals surface area contributed by atoms with Crippen molar-refractivity contribution in [2.75, 3.05) is 0 Å². The predicted molar refractivity (Wildman–Crippen MR) is 78.6 cm³/mol. The van der Waals surface area contributed by atoms with Gasteiger partial charge in [0, 0.05) is 11.8 Å². The molecular weight excluding hydrogens is 278 g/mol. The molecule has 1 fully saturated rings. The predicted octanol–water partition coefficient (Wildman–Crippen LogP) is 3.92. The standard InChI is InChI=1S/C15H14ClNOS/c1-15(11-7-12(16)19-9-11)8-13(18)17-14(15)10-5-3-2-4-6-10/h2-7,9,14H,8H2,1H3,(H,17,18). The van der Waals surface area contributed by atoms with E-state index in [0.717, 1.165) is 15.5 Å². The Bertz CT molecular complexity index is 610. The molecular formula is C15H14ClNOS. The molecule has 0 aliphatic carbocycles. The molecule has 1 aliphatic rings. The average molecular weight is 292 g/mol. The zero-order valence-corrected chi connectivity index (χ0v) is 12.1. The molecule has 4 heteroatoms. The Labute approximate surface area is 121 Å². The van der Waals surface area contributed by atoms with E-state index in [1.165, 1.54) is 11.3 Å². The number of halogens is 1. The minimum atomic E-state index is -0.234. The summed E-state index contributed by atoms with van der Waals surface area (Å²) in [5.74, 6) is 0.0960. The highest BCUT2D eigenvalue weighted by Gasteiger charge is 2.45. The second-order valence-electron chi connectivity index (χ2n) is 5.14. The first-order valence-corrected chi connectivity index (χ1v) is 7.44. The summed E-state index contributed by atoms with van der Waals surface area (Å²) in [5.41, 5.74) is 2.04. The van der Waals surface area contributed by atoms with Gasteiger partial charge in [0.1, 0.15) is 0 Å². The number of amides is 1. The molecule has 2 aromatic rings. The zero-order valence-electron chi connectivity index (χ0n) is 10.5. The molecule has 3 rings (SSSR count). The number of nitrogens with one attached hydrogen (secondary N) is 1. The van der Waals surface area contributed by atoms with Gasteiger partial charge in [0.15, 0.2) is 0 Å². The van der Waals surface area contributed by atoms with E-state index in [4.69, 9.17) is 11.6 Å². The molecule has 0 spiro atoms. The highest BCUT2D eigenvalue weighted by atomic mass is 35.5. The lowest BCUT2D eigenvalue weighted by molar-refractivity contribution is -0.119. The number of benzene rings is 1. The van der Waals surface area contributed by atoms with Gasteiger partial charge < -0.3 is 5.32 Å². The fourth-order valence-electron chi connectivity index (χ4n) is 2.78. The van der Waals surface area contributed by atoms with Crippen LogP contribution in [0, 0.1) is 0 Å². The van der Waals surface area contributed by atoms with E-state index >= 15 is 0 Å². The third kappa shape index (κ3) is 2.17. The molecule has 0 bridgehead atoms. The fraction of sp³-hybridized carbons (Fsp3) is 0.267. The van der Waals surface area contributed by atoms with Crippen LogP contribution in [-0.4, -0.2) is 5.91 Å². The van der Waals surface area contributed by atoms with Crippen LogP contribution >= 0.6 is 22.9 Å². The van der Waals surface area contributed by atoms with Gasteiger partial charge in [-0.25, -0.2) is 0 Å². The maximum absolute atomic E-state index is 11.9. The summed E-state index contributed by atoms with van der Waals surface area (Å²) in [7, 11) is 0. The van der Waals surface area contributed by atoms with Gasteiger partial charge in [-0.1, -0.05) is 48.9 Å². The lowest BCUT2D eigenvalue weighted by Gasteiger charge is -2.30. The zero-order chi connectivity index (χ0) is 13.5. The molecule has 0 radical (unpaired) electrons. The highest BCUT2D eigenvalue weighted by Crippen LogP contribution is 2.45. The van der Waals surface area contributed by atoms with Gasteiger partial charge in [-0.2, -0.15) is 0 Å². The van der Waals surface area contributed by atoms with Crippen LogP contribution in [0.3, 0.4) is 0 Å². The van der Waals surface area contributed by atoms with Gasteiger partial charge in [-0.15, -0.1) is 11.3 Å². The molecule has 0 saturated carbocycles. The van der Waals surface area contributed by atoms with E-state index in [1.54, 1.807) is 0 Å². The molecule has 1 aromatic heterocycles. The van der Waals surface area contributed by atoms with Gasteiger partial charge in [0.05, 0.1) is 10.4 Å². The third-order valence-electron chi connectivity index (χ3n) is 3.83. The summed E-state index contributed by atoms with van der Waals surface area (Å²) in [6.07, 6.45) is 0.500. The average Bonchev–Trinajstić information content (AvgIpc) is 2.95. The Morgan fingerprint density at radius 3 is 2.74 bits per heavy atom. The first kappa shape index (κ1) is 12.7. The molecule has 1 saturated heterocycles. The van der Waals surface area contributed by atoms with E-state index in [1.807, 2.05) is 24.3 Å². The maximum atomic E-state index is 11.9. The van der Waals surface area contributed by atoms with Gasteiger partial charge in [0.2, 0.25) is 5.91 Å². The normalized spacial score (nSPS) is 26.4. The van der Waals surface area contributed by atoms with E-state index in [-0.39, 0.29) is 17.4 Å². The third-order valence-corrected chi connectivity index (χ3v) is 4.92. The van der Waals surface area contributed by atoms with Crippen molar-refractivity contribution in [1.82, 2.24) is 5.32 Å². The fourth-order valence-corrected chi connectivity index (χ4v) is 3.80. The van der Waals surface area contributed by atoms with Crippen molar-refractivity contribution in [2.45, 2.75) is 24.8 Å². The van der Waals surface area contributed by atoms with Crippen molar-refractivity contribution in [1.29, 1.82) is 0 Å². The number of thiophene rings is 1. The molecule has 1 aromatic carbocycles. The van der Waals surface area contributed by atoms with Gasteiger partial charge >= 0.3 is 0 Å². The largest absolute Gasteiger partial charge is 0.348 e. The summed E-state index contributed by atoms with van der Waals surface area (Å²) >= 11 is 7.56. The molecule has 19 heavy (non-hydrogen) atoms. The smallest absolute Gasteiger partial charge is 0.221 e.